The Morgan fingerprint density at radius 2 is 2.00 bits per heavy atom. The summed E-state index contributed by atoms with van der Waals surface area (Å²) in [6.07, 6.45) is 0.619. The van der Waals surface area contributed by atoms with Gasteiger partial charge in [0.05, 0.1) is 18.3 Å². The number of methoxy groups -OCH3 is 1. The van der Waals surface area contributed by atoms with Crippen molar-refractivity contribution in [3.8, 4) is 17.0 Å². The molecule has 1 aliphatic heterocycles. The number of amides is 1. The normalized spacial score (nSPS) is 15.3. The Morgan fingerprint density at radius 1 is 1.18 bits per heavy atom. The van der Waals surface area contributed by atoms with Crippen LogP contribution in [-0.2, 0) is 11.4 Å². The van der Waals surface area contributed by atoms with Crippen molar-refractivity contribution in [3.63, 3.8) is 0 Å². The number of hydroxylamine groups is 1. The van der Waals surface area contributed by atoms with E-state index < -0.39 is 6.09 Å². The molecule has 1 aliphatic rings. The topological polar surface area (TPSA) is 102 Å². The van der Waals surface area contributed by atoms with Crippen LogP contribution in [0.15, 0.2) is 54.9 Å². The summed E-state index contributed by atoms with van der Waals surface area (Å²) in [5.41, 5.74) is 6.97. The first kappa shape index (κ1) is 21.7. The second-order valence-corrected chi connectivity index (χ2v) is 7.90. The van der Waals surface area contributed by atoms with E-state index in [9.17, 15) is 9.18 Å². The van der Waals surface area contributed by atoms with Crippen molar-refractivity contribution >= 4 is 22.8 Å². The Balaban J connectivity index is 1.28. The number of aromatic nitrogens is 3. The molecule has 2 aromatic carbocycles. The molecule has 1 amide bonds. The number of aryl methyl sites for hydroxylation is 1. The quantitative estimate of drug-likeness (QED) is 0.383. The molecule has 34 heavy (non-hydrogen) atoms. The van der Waals surface area contributed by atoms with Gasteiger partial charge >= 0.3 is 6.09 Å². The van der Waals surface area contributed by atoms with Crippen molar-refractivity contribution in [2.75, 3.05) is 19.0 Å². The minimum atomic E-state index is -0.507. The Bertz CT molecular complexity index is 1360. The van der Waals surface area contributed by atoms with Crippen LogP contribution < -0.4 is 20.9 Å². The maximum absolute atomic E-state index is 14.0. The van der Waals surface area contributed by atoms with Crippen molar-refractivity contribution in [2.45, 2.75) is 19.6 Å². The third kappa shape index (κ3) is 4.23. The molecule has 9 nitrogen and oxygen atoms in total. The highest BCUT2D eigenvalue weighted by atomic mass is 19.1. The second kappa shape index (κ2) is 8.99. The molecule has 4 aromatic rings. The number of ether oxygens (including phenoxy) is 1. The summed E-state index contributed by atoms with van der Waals surface area (Å²) in [4.78, 5) is 24.6. The average molecular weight is 462 g/mol. The van der Waals surface area contributed by atoms with Crippen molar-refractivity contribution in [2.24, 2.45) is 0 Å². The van der Waals surface area contributed by atoms with Crippen LogP contribution in [0.1, 0.15) is 17.4 Å². The molecule has 174 valence electrons. The second-order valence-electron chi connectivity index (χ2n) is 7.90. The maximum Gasteiger partial charge on any atom is 0.427 e. The molecule has 0 bridgehead atoms. The number of carbonyl (C=O) groups excluding carboxylic acids is 1. The number of nitrogens with one attached hydrogen (secondary N) is 3. The van der Waals surface area contributed by atoms with E-state index in [0.717, 1.165) is 33.4 Å². The van der Waals surface area contributed by atoms with Gasteiger partial charge in [-0.1, -0.05) is 24.3 Å². The van der Waals surface area contributed by atoms with E-state index in [0.29, 0.717) is 24.7 Å². The Morgan fingerprint density at radius 3 is 2.74 bits per heavy atom. The fourth-order valence-corrected chi connectivity index (χ4v) is 4.08. The van der Waals surface area contributed by atoms with E-state index >= 15 is 0 Å². The predicted octanol–water partition coefficient (Wildman–Crippen LogP) is 3.91. The number of anilines is 1. The van der Waals surface area contributed by atoms with Crippen molar-refractivity contribution in [1.29, 1.82) is 0 Å². The van der Waals surface area contributed by atoms with E-state index in [-0.39, 0.29) is 12.0 Å². The summed E-state index contributed by atoms with van der Waals surface area (Å²) in [6, 6.07) is 14.4. The van der Waals surface area contributed by atoms with Gasteiger partial charge in [-0.05, 0) is 24.6 Å². The van der Waals surface area contributed by atoms with E-state index in [1.54, 1.807) is 7.11 Å². The van der Waals surface area contributed by atoms with E-state index in [4.69, 9.17) is 9.57 Å². The fraction of sp³-hybridized carbons (Fsp3) is 0.208. The monoisotopic (exact) mass is 462 g/mol. The molecule has 1 unspecified atom stereocenters. The molecule has 1 saturated heterocycles. The van der Waals surface area contributed by atoms with E-state index in [2.05, 4.69) is 26.1 Å². The lowest BCUT2D eigenvalue weighted by Gasteiger charge is -2.12. The van der Waals surface area contributed by atoms with Gasteiger partial charge in [0.25, 0.3) is 0 Å². The summed E-state index contributed by atoms with van der Waals surface area (Å²) in [5, 5.41) is 6.86. The third-order valence-corrected chi connectivity index (χ3v) is 5.75. The van der Waals surface area contributed by atoms with Crippen LogP contribution >= 0.6 is 0 Å². The van der Waals surface area contributed by atoms with Gasteiger partial charge in [-0.15, -0.1) is 5.48 Å². The van der Waals surface area contributed by atoms with Gasteiger partial charge < -0.3 is 19.5 Å². The molecular weight excluding hydrogens is 439 g/mol. The van der Waals surface area contributed by atoms with Crippen molar-refractivity contribution < 1.29 is 18.8 Å². The SMILES string of the molecule is COc1cc(F)cc2c1cc(C)n2CCNc1cc(-c2ccc(C3NOC(=O)N3)cc2)ncn1. The number of hydrogen-bond acceptors (Lipinski definition) is 7. The highest BCUT2D eigenvalue weighted by Crippen LogP contribution is 2.30. The Labute approximate surface area is 194 Å². The van der Waals surface area contributed by atoms with Crippen LogP contribution in [0.25, 0.3) is 22.2 Å². The van der Waals surface area contributed by atoms with Crippen molar-refractivity contribution in [3.05, 3.63) is 71.9 Å². The molecule has 10 heteroatoms. The first-order valence-corrected chi connectivity index (χ1v) is 10.7. The summed E-state index contributed by atoms with van der Waals surface area (Å²) in [6.45, 7) is 3.20. The van der Waals surface area contributed by atoms with Gasteiger partial charge in [0.2, 0.25) is 0 Å². The van der Waals surface area contributed by atoms with Gasteiger partial charge in [-0.25, -0.2) is 19.2 Å². The minimum Gasteiger partial charge on any atom is -0.496 e. The minimum absolute atomic E-state index is 0.332. The first-order valence-electron chi connectivity index (χ1n) is 10.7. The lowest BCUT2D eigenvalue weighted by atomic mass is 10.1. The number of carbonyl (C=O) groups is 1. The molecular formula is C24H23FN6O3. The molecule has 0 spiro atoms. The number of benzene rings is 2. The molecule has 1 atom stereocenters. The van der Waals surface area contributed by atoms with E-state index in [1.807, 2.05) is 47.9 Å². The highest BCUT2D eigenvalue weighted by molar-refractivity contribution is 5.87. The largest absolute Gasteiger partial charge is 0.496 e. The number of hydrogen-bond donors (Lipinski definition) is 3. The van der Waals surface area contributed by atoms with Crippen LogP contribution in [0.4, 0.5) is 15.0 Å². The number of rotatable bonds is 7. The smallest absolute Gasteiger partial charge is 0.427 e. The third-order valence-electron chi connectivity index (χ3n) is 5.75. The molecule has 2 aromatic heterocycles. The van der Waals surface area contributed by atoms with Crippen LogP contribution in [0.5, 0.6) is 5.75 Å². The standard InChI is InChI=1S/C24H23FN6O3/c1-14-9-18-20(10-17(25)11-21(18)33-2)31(14)8-7-26-22-12-19(27-13-28-22)15-3-5-16(6-4-15)23-29-24(32)34-30-23/h3-6,9-13,23,30H,7-8H2,1-2H3,(H,29,32)(H,26,27,28). The van der Waals surface area contributed by atoms with Crippen LogP contribution in [0, 0.1) is 12.7 Å². The number of fused-ring (bicyclic) bond motifs is 1. The van der Waals surface area contributed by atoms with Crippen LogP contribution in [-0.4, -0.2) is 34.3 Å². The lowest BCUT2D eigenvalue weighted by Crippen LogP contribution is -2.21. The van der Waals surface area contributed by atoms with Crippen LogP contribution in [0.2, 0.25) is 0 Å². The molecule has 0 aliphatic carbocycles. The molecule has 1 fully saturated rings. The fourth-order valence-electron chi connectivity index (χ4n) is 4.08. The first-order chi connectivity index (χ1) is 16.5. The Kier molecular flexibility index (Phi) is 5.72. The summed E-state index contributed by atoms with van der Waals surface area (Å²) >= 11 is 0. The molecule has 5 rings (SSSR count). The maximum atomic E-state index is 14.0. The summed E-state index contributed by atoms with van der Waals surface area (Å²) < 4.78 is 21.4. The zero-order chi connectivity index (χ0) is 23.7. The average Bonchev–Trinajstić information content (AvgIpc) is 3.42. The Hall–Kier alpha value is -4.18. The molecule has 0 saturated carbocycles. The zero-order valence-electron chi connectivity index (χ0n) is 18.6. The summed E-state index contributed by atoms with van der Waals surface area (Å²) in [7, 11) is 1.54. The number of halogens is 1. The van der Waals surface area contributed by atoms with Gasteiger partial charge in [0.1, 0.15) is 29.9 Å². The van der Waals surface area contributed by atoms with Gasteiger partial charge in [0, 0.05) is 41.9 Å². The van der Waals surface area contributed by atoms with Gasteiger partial charge in [-0.2, -0.15) is 0 Å². The van der Waals surface area contributed by atoms with Crippen molar-refractivity contribution in [1.82, 2.24) is 25.3 Å². The molecule has 3 heterocycles. The van der Waals surface area contributed by atoms with E-state index in [1.165, 1.54) is 18.5 Å². The van der Waals surface area contributed by atoms with Crippen LogP contribution in [0.3, 0.4) is 0 Å². The molecule has 3 N–H and O–H groups in total. The van der Waals surface area contributed by atoms with Gasteiger partial charge in [-0.3, -0.25) is 5.32 Å². The predicted molar refractivity (Wildman–Crippen MR) is 125 cm³/mol. The molecule has 0 radical (unpaired) electrons. The van der Waals surface area contributed by atoms with Gasteiger partial charge in [0.15, 0.2) is 0 Å². The highest BCUT2D eigenvalue weighted by Gasteiger charge is 2.23. The zero-order valence-corrected chi connectivity index (χ0v) is 18.6. The number of nitrogens with zero attached hydrogens (tertiary/aromatic N) is 3. The summed E-state index contributed by atoms with van der Waals surface area (Å²) in [5.74, 6) is 0.877. The lowest BCUT2D eigenvalue weighted by molar-refractivity contribution is 0.122.